The zero-order valence-electron chi connectivity index (χ0n) is 6.89. The van der Waals surface area contributed by atoms with Crippen LogP contribution in [0.2, 0.25) is 19.0 Å². The maximum absolute atomic E-state index is 10.7. The van der Waals surface area contributed by atoms with Crippen molar-refractivity contribution in [2.75, 3.05) is 0 Å². The minimum Gasteiger partial charge on any atom is -0.300 e. The first-order valence-corrected chi connectivity index (χ1v) is 4.19. The predicted molar refractivity (Wildman–Crippen MR) is 44.7 cm³/mol. The van der Waals surface area contributed by atoms with Crippen molar-refractivity contribution in [3.8, 4) is 0 Å². The number of rotatable bonds is 2. The van der Waals surface area contributed by atoms with Gasteiger partial charge in [-0.15, -0.1) is 0 Å². The Morgan fingerprint density at radius 2 is 2.40 bits per heavy atom. The minimum atomic E-state index is 0.360. The first-order valence-electron chi connectivity index (χ1n) is 4.19. The van der Waals surface area contributed by atoms with Crippen LogP contribution in [0.4, 0.5) is 0 Å². The van der Waals surface area contributed by atoms with E-state index in [-0.39, 0.29) is 0 Å². The highest BCUT2D eigenvalue weighted by Gasteiger charge is 2.26. The monoisotopic (exact) mass is 138 g/mol. The summed E-state index contributed by atoms with van der Waals surface area (Å²) in [5.41, 5.74) is 0. The molecule has 1 rings (SSSR count). The number of ketones is 1. The van der Waals surface area contributed by atoms with Gasteiger partial charge in [0, 0.05) is 6.42 Å². The lowest BCUT2D eigenvalue weighted by Gasteiger charge is -2.08. The lowest BCUT2D eigenvalue weighted by molar-refractivity contribution is -0.117. The summed E-state index contributed by atoms with van der Waals surface area (Å²) >= 11 is 0. The van der Waals surface area contributed by atoms with Gasteiger partial charge >= 0.3 is 0 Å². The van der Waals surface area contributed by atoms with E-state index in [1.165, 1.54) is 19.2 Å². The number of hydrogen-bond donors (Lipinski definition) is 0. The maximum atomic E-state index is 10.7. The fourth-order valence-electron chi connectivity index (χ4n) is 1.89. The quantitative estimate of drug-likeness (QED) is 0.534. The Morgan fingerprint density at radius 1 is 1.70 bits per heavy atom. The molecule has 1 nitrogen and oxygen atoms in total. The summed E-state index contributed by atoms with van der Waals surface area (Å²) in [4.78, 5) is 10.7. The molecule has 10 heavy (non-hydrogen) atoms. The van der Waals surface area contributed by atoms with Crippen molar-refractivity contribution in [2.45, 2.75) is 45.1 Å². The SMILES string of the molecule is CB1CCCC1CC(C)=O. The smallest absolute Gasteiger partial charge is 0.140 e. The molecule has 0 aromatic rings. The van der Waals surface area contributed by atoms with Gasteiger partial charge in [0.05, 0.1) is 0 Å². The minimum absolute atomic E-state index is 0.360. The van der Waals surface area contributed by atoms with Gasteiger partial charge in [0.2, 0.25) is 0 Å². The molecule has 2 heteroatoms. The Morgan fingerprint density at radius 3 is 2.80 bits per heavy atom. The van der Waals surface area contributed by atoms with Gasteiger partial charge in [-0.1, -0.05) is 31.8 Å². The molecule has 0 saturated carbocycles. The second-order valence-electron chi connectivity index (χ2n) is 3.57. The van der Waals surface area contributed by atoms with Gasteiger partial charge in [-0.3, -0.25) is 0 Å². The molecule has 0 radical (unpaired) electrons. The number of hydrogen-bond acceptors (Lipinski definition) is 1. The van der Waals surface area contributed by atoms with Crippen molar-refractivity contribution in [1.29, 1.82) is 0 Å². The number of carbonyl (C=O) groups excluding carboxylic acids is 1. The van der Waals surface area contributed by atoms with Gasteiger partial charge in [0.15, 0.2) is 0 Å². The average molecular weight is 138 g/mol. The summed E-state index contributed by atoms with van der Waals surface area (Å²) in [6.07, 6.45) is 4.76. The third kappa shape index (κ3) is 1.86. The van der Waals surface area contributed by atoms with Crippen LogP contribution in [0.1, 0.15) is 26.2 Å². The van der Waals surface area contributed by atoms with Crippen LogP contribution >= 0.6 is 0 Å². The largest absolute Gasteiger partial charge is 0.300 e. The Kier molecular flexibility index (Phi) is 2.53. The van der Waals surface area contributed by atoms with Gasteiger partial charge in [0.25, 0.3) is 0 Å². The fourth-order valence-corrected chi connectivity index (χ4v) is 1.89. The van der Waals surface area contributed by atoms with Gasteiger partial charge in [0.1, 0.15) is 12.5 Å². The van der Waals surface area contributed by atoms with Crippen LogP contribution in [0.3, 0.4) is 0 Å². The van der Waals surface area contributed by atoms with Crippen LogP contribution < -0.4 is 0 Å². The van der Waals surface area contributed by atoms with Crippen molar-refractivity contribution in [1.82, 2.24) is 0 Å². The molecular formula is C8H15BO. The first kappa shape index (κ1) is 7.84. The van der Waals surface area contributed by atoms with E-state index in [0.29, 0.717) is 11.6 Å². The van der Waals surface area contributed by atoms with Crippen molar-refractivity contribution in [2.24, 2.45) is 0 Å². The third-order valence-electron chi connectivity index (χ3n) is 2.59. The molecule has 1 unspecified atom stereocenters. The first-order chi connectivity index (χ1) is 4.70. The molecule has 0 bridgehead atoms. The van der Waals surface area contributed by atoms with Crippen molar-refractivity contribution >= 4 is 12.5 Å². The molecule has 0 amide bonds. The van der Waals surface area contributed by atoms with Gasteiger partial charge in [-0.05, 0) is 6.92 Å². The van der Waals surface area contributed by atoms with Crippen molar-refractivity contribution in [3.05, 3.63) is 0 Å². The van der Waals surface area contributed by atoms with Crippen molar-refractivity contribution < 1.29 is 4.79 Å². The Bertz CT molecular complexity index is 133. The zero-order valence-corrected chi connectivity index (χ0v) is 6.89. The number of Topliss-reactive ketones (excluding diaryl/α,β-unsaturated/α-hetero) is 1. The van der Waals surface area contributed by atoms with Gasteiger partial charge < -0.3 is 4.79 Å². The van der Waals surface area contributed by atoms with Crippen LogP contribution in [0.15, 0.2) is 0 Å². The number of carbonyl (C=O) groups is 1. The van der Waals surface area contributed by atoms with E-state index < -0.39 is 0 Å². The van der Waals surface area contributed by atoms with E-state index in [4.69, 9.17) is 0 Å². The molecule has 56 valence electrons. The van der Waals surface area contributed by atoms with Crippen LogP contribution in [-0.4, -0.2) is 12.5 Å². The van der Waals surface area contributed by atoms with E-state index in [0.717, 1.165) is 13.1 Å². The molecule has 0 aliphatic carbocycles. The Balaban J connectivity index is 2.33. The maximum Gasteiger partial charge on any atom is 0.140 e. The predicted octanol–water partition coefficient (Wildman–Crippen LogP) is 2.25. The lowest BCUT2D eigenvalue weighted by Crippen LogP contribution is -2.11. The summed E-state index contributed by atoms with van der Waals surface area (Å²) in [6, 6.07) is 0. The van der Waals surface area contributed by atoms with E-state index in [1.54, 1.807) is 6.92 Å². The zero-order chi connectivity index (χ0) is 7.56. The Hall–Kier alpha value is -0.265. The standard InChI is InChI=1S/C8H15BO/c1-7(10)6-8-4-3-5-9(8)2/h8H,3-6H2,1-2H3. The van der Waals surface area contributed by atoms with Gasteiger partial charge in [-0.25, -0.2) is 0 Å². The molecule has 1 atom stereocenters. The average Bonchev–Trinajstić information content (AvgIpc) is 2.15. The summed E-state index contributed by atoms with van der Waals surface area (Å²) < 4.78 is 0. The van der Waals surface area contributed by atoms with Crippen molar-refractivity contribution in [3.63, 3.8) is 0 Å². The molecule has 1 aliphatic heterocycles. The molecule has 1 aliphatic rings. The molecule has 0 spiro atoms. The summed E-state index contributed by atoms with van der Waals surface area (Å²) in [7, 11) is 0. The highest BCUT2D eigenvalue weighted by molar-refractivity contribution is 6.60. The summed E-state index contributed by atoms with van der Waals surface area (Å²) in [5, 5.41) is 0. The van der Waals surface area contributed by atoms with Crippen LogP contribution in [-0.2, 0) is 4.79 Å². The third-order valence-corrected chi connectivity index (χ3v) is 2.59. The van der Waals surface area contributed by atoms with E-state index in [1.807, 2.05) is 0 Å². The molecule has 1 heterocycles. The van der Waals surface area contributed by atoms with Crippen LogP contribution in [0.5, 0.6) is 0 Å². The normalized spacial score (nSPS) is 25.4. The lowest BCUT2D eigenvalue weighted by atomic mass is 9.44. The van der Waals surface area contributed by atoms with Gasteiger partial charge in [-0.2, -0.15) is 0 Å². The molecule has 0 aromatic heterocycles. The molecule has 0 aromatic carbocycles. The summed E-state index contributed by atoms with van der Waals surface area (Å²) in [6.45, 7) is 4.76. The highest BCUT2D eigenvalue weighted by Crippen LogP contribution is 2.33. The second kappa shape index (κ2) is 3.22. The second-order valence-corrected chi connectivity index (χ2v) is 3.57. The van der Waals surface area contributed by atoms with E-state index in [2.05, 4.69) is 6.82 Å². The van der Waals surface area contributed by atoms with E-state index >= 15 is 0 Å². The fraction of sp³-hybridized carbons (Fsp3) is 0.875. The molecular weight excluding hydrogens is 123 g/mol. The van der Waals surface area contributed by atoms with Crippen LogP contribution in [0, 0.1) is 0 Å². The highest BCUT2D eigenvalue weighted by atomic mass is 16.1. The molecule has 1 fully saturated rings. The van der Waals surface area contributed by atoms with Crippen LogP contribution in [0.25, 0.3) is 0 Å². The summed E-state index contributed by atoms with van der Waals surface area (Å²) in [5.74, 6) is 1.07. The molecule has 1 saturated heterocycles. The topological polar surface area (TPSA) is 17.1 Å². The molecule has 0 N–H and O–H groups in total. The Labute approximate surface area is 63.3 Å². The van der Waals surface area contributed by atoms with E-state index in [9.17, 15) is 4.79 Å².